The van der Waals surface area contributed by atoms with Gasteiger partial charge in [-0.3, -0.25) is 0 Å². The quantitative estimate of drug-likeness (QED) is 0.802. The van der Waals surface area contributed by atoms with Gasteiger partial charge in [0.05, 0.1) is 0 Å². The molecular weight excluding hydrogens is 184 g/mol. The number of hydrogen-bond donors (Lipinski definition) is 1. The van der Waals surface area contributed by atoms with Gasteiger partial charge in [-0.1, -0.05) is 51.1 Å². The molecule has 1 aromatic carbocycles. The number of benzene rings is 1. The van der Waals surface area contributed by atoms with Crippen molar-refractivity contribution in [1.82, 2.24) is 0 Å². The van der Waals surface area contributed by atoms with Crippen LogP contribution in [0.5, 0.6) is 0 Å². The highest BCUT2D eigenvalue weighted by Gasteiger charge is 2.59. The molecule has 0 amide bonds. The molecule has 1 fully saturated rings. The molecule has 0 saturated heterocycles. The Morgan fingerprint density at radius 1 is 1.33 bits per heavy atom. The molecule has 1 aliphatic rings. The van der Waals surface area contributed by atoms with Gasteiger partial charge in [0, 0.05) is 6.61 Å². The summed E-state index contributed by atoms with van der Waals surface area (Å²) in [6.07, 6.45) is 0. The zero-order chi connectivity index (χ0) is 11.1. The highest BCUT2D eigenvalue weighted by atomic mass is 16.3. The molecular formula is C14H20O. The van der Waals surface area contributed by atoms with Gasteiger partial charge in [-0.15, -0.1) is 0 Å². The normalized spacial score (nSPS) is 36.3. The summed E-state index contributed by atoms with van der Waals surface area (Å²) in [5, 5.41) is 9.40. The van der Waals surface area contributed by atoms with Gasteiger partial charge in [-0.25, -0.2) is 0 Å². The Bertz CT molecular complexity index is 332. The highest BCUT2D eigenvalue weighted by molar-refractivity contribution is 5.24. The lowest BCUT2D eigenvalue weighted by Gasteiger charge is -2.14. The SMILES string of the molecule is CC1C([C@@H](C)c2ccccc2)C1(C)CO. The highest BCUT2D eigenvalue weighted by Crippen LogP contribution is 2.63. The van der Waals surface area contributed by atoms with Crippen LogP contribution in [0.25, 0.3) is 0 Å². The molecule has 0 bridgehead atoms. The maximum absolute atomic E-state index is 9.40. The van der Waals surface area contributed by atoms with E-state index >= 15 is 0 Å². The minimum Gasteiger partial charge on any atom is -0.396 e. The van der Waals surface area contributed by atoms with Gasteiger partial charge in [0.1, 0.15) is 0 Å². The van der Waals surface area contributed by atoms with Crippen LogP contribution in [0, 0.1) is 17.3 Å². The summed E-state index contributed by atoms with van der Waals surface area (Å²) in [7, 11) is 0. The molecule has 3 unspecified atom stereocenters. The van der Waals surface area contributed by atoms with Crippen molar-refractivity contribution in [3.05, 3.63) is 35.9 Å². The number of aliphatic hydroxyl groups is 1. The minimum absolute atomic E-state index is 0.148. The van der Waals surface area contributed by atoms with E-state index in [-0.39, 0.29) is 5.41 Å². The number of hydrogen-bond acceptors (Lipinski definition) is 1. The lowest BCUT2D eigenvalue weighted by molar-refractivity contribution is 0.201. The van der Waals surface area contributed by atoms with Crippen molar-refractivity contribution in [2.45, 2.75) is 26.7 Å². The lowest BCUT2D eigenvalue weighted by Crippen LogP contribution is -2.08. The van der Waals surface area contributed by atoms with E-state index in [2.05, 4.69) is 51.1 Å². The first kappa shape index (κ1) is 10.7. The van der Waals surface area contributed by atoms with E-state index < -0.39 is 0 Å². The fourth-order valence-corrected chi connectivity index (χ4v) is 3.06. The largest absolute Gasteiger partial charge is 0.396 e. The third-order valence-electron chi connectivity index (χ3n) is 4.44. The topological polar surface area (TPSA) is 20.2 Å². The molecule has 0 radical (unpaired) electrons. The molecule has 0 spiro atoms. The summed E-state index contributed by atoms with van der Waals surface area (Å²) in [6, 6.07) is 10.6. The maximum atomic E-state index is 9.40. The molecule has 1 nitrogen and oxygen atoms in total. The van der Waals surface area contributed by atoms with Gasteiger partial charge >= 0.3 is 0 Å². The Morgan fingerprint density at radius 3 is 2.40 bits per heavy atom. The first-order valence-corrected chi connectivity index (χ1v) is 5.77. The second kappa shape index (κ2) is 3.64. The van der Waals surface area contributed by atoms with Crippen molar-refractivity contribution in [2.75, 3.05) is 6.61 Å². The van der Waals surface area contributed by atoms with Crippen LogP contribution in [0.3, 0.4) is 0 Å². The smallest absolute Gasteiger partial charge is 0.0490 e. The van der Waals surface area contributed by atoms with E-state index in [1.54, 1.807) is 0 Å². The van der Waals surface area contributed by atoms with E-state index in [0.29, 0.717) is 24.4 Å². The van der Waals surface area contributed by atoms with Crippen molar-refractivity contribution in [1.29, 1.82) is 0 Å². The second-order valence-corrected chi connectivity index (χ2v) is 5.18. The number of rotatable bonds is 3. The average molecular weight is 204 g/mol. The number of aliphatic hydroxyl groups excluding tert-OH is 1. The van der Waals surface area contributed by atoms with E-state index in [1.807, 2.05) is 0 Å². The lowest BCUT2D eigenvalue weighted by atomic mass is 9.91. The van der Waals surface area contributed by atoms with Crippen molar-refractivity contribution >= 4 is 0 Å². The van der Waals surface area contributed by atoms with E-state index in [9.17, 15) is 5.11 Å². The zero-order valence-corrected chi connectivity index (χ0v) is 9.77. The van der Waals surface area contributed by atoms with Crippen LogP contribution in [0.4, 0.5) is 0 Å². The fraction of sp³-hybridized carbons (Fsp3) is 0.571. The Kier molecular flexibility index (Phi) is 2.59. The zero-order valence-electron chi connectivity index (χ0n) is 9.77. The first-order valence-electron chi connectivity index (χ1n) is 5.77. The van der Waals surface area contributed by atoms with E-state index in [4.69, 9.17) is 0 Å². The summed E-state index contributed by atoms with van der Waals surface area (Å²) in [5.41, 5.74) is 1.54. The molecule has 0 aliphatic heterocycles. The van der Waals surface area contributed by atoms with Crippen molar-refractivity contribution < 1.29 is 5.11 Å². The molecule has 1 heteroatoms. The standard InChI is InChI=1S/C14H20O/c1-10(12-7-5-4-6-8-12)13-11(2)14(13,3)9-15/h4-8,10-11,13,15H,9H2,1-3H3/t10-,11?,13?,14?/m0/s1. The van der Waals surface area contributed by atoms with Crippen LogP contribution in [-0.4, -0.2) is 11.7 Å². The maximum Gasteiger partial charge on any atom is 0.0490 e. The first-order chi connectivity index (χ1) is 7.11. The molecule has 0 aromatic heterocycles. The Hall–Kier alpha value is -0.820. The van der Waals surface area contributed by atoms with Crippen LogP contribution >= 0.6 is 0 Å². The van der Waals surface area contributed by atoms with Crippen molar-refractivity contribution in [2.24, 2.45) is 17.3 Å². The molecule has 0 heterocycles. The third kappa shape index (κ3) is 1.59. The Labute approximate surface area is 92.1 Å². The van der Waals surface area contributed by atoms with E-state index in [1.165, 1.54) is 5.56 Å². The van der Waals surface area contributed by atoms with Crippen LogP contribution in [-0.2, 0) is 0 Å². The van der Waals surface area contributed by atoms with E-state index in [0.717, 1.165) is 0 Å². The van der Waals surface area contributed by atoms with Gasteiger partial charge in [-0.05, 0) is 28.7 Å². The van der Waals surface area contributed by atoms with Crippen LogP contribution in [0.15, 0.2) is 30.3 Å². The molecule has 1 aliphatic carbocycles. The monoisotopic (exact) mass is 204 g/mol. The summed E-state index contributed by atoms with van der Waals surface area (Å²) >= 11 is 0. The molecule has 1 saturated carbocycles. The molecule has 1 aromatic rings. The Balaban J connectivity index is 2.15. The van der Waals surface area contributed by atoms with Crippen molar-refractivity contribution in [3.63, 3.8) is 0 Å². The fourth-order valence-electron chi connectivity index (χ4n) is 3.06. The second-order valence-electron chi connectivity index (χ2n) is 5.18. The van der Waals surface area contributed by atoms with Gasteiger partial charge in [0.2, 0.25) is 0 Å². The summed E-state index contributed by atoms with van der Waals surface area (Å²) in [5.74, 6) is 1.82. The Morgan fingerprint density at radius 2 is 1.93 bits per heavy atom. The predicted octanol–water partition coefficient (Wildman–Crippen LogP) is 3.05. The molecule has 4 atom stereocenters. The van der Waals surface area contributed by atoms with Crippen LogP contribution in [0.1, 0.15) is 32.3 Å². The summed E-state index contributed by atoms with van der Waals surface area (Å²) in [6.45, 7) is 7.04. The van der Waals surface area contributed by atoms with Crippen LogP contribution in [0.2, 0.25) is 0 Å². The van der Waals surface area contributed by atoms with Crippen LogP contribution < -0.4 is 0 Å². The molecule has 82 valence electrons. The van der Waals surface area contributed by atoms with Crippen molar-refractivity contribution in [3.8, 4) is 0 Å². The van der Waals surface area contributed by atoms with Gasteiger partial charge in [-0.2, -0.15) is 0 Å². The minimum atomic E-state index is 0.148. The van der Waals surface area contributed by atoms with Gasteiger partial charge < -0.3 is 5.11 Å². The van der Waals surface area contributed by atoms with Gasteiger partial charge in [0.25, 0.3) is 0 Å². The summed E-state index contributed by atoms with van der Waals surface area (Å²) in [4.78, 5) is 0. The third-order valence-corrected chi connectivity index (χ3v) is 4.44. The summed E-state index contributed by atoms with van der Waals surface area (Å²) < 4.78 is 0. The molecule has 1 N–H and O–H groups in total. The van der Waals surface area contributed by atoms with Gasteiger partial charge in [0.15, 0.2) is 0 Å². The predicted molar refractivity (Wildman–Crippen MR) is 62.7 cm³/mol. The molecule has 15 heavy (non-hydrogen) atoms. The molecule has 2 rings (SSSR count). The average Bonchev–Trinajstić information content (AvgIpc) is 2.83.